The van der Waals surface area contributed by atoms with Crippen LogP contribution in [-0.4, -0.2) is 12.7 Å². The van der Waals surface area contributed by atoms with Gasteiger partial charge in [0.05, 0.1) is 6.54 Å². The molecule has 0 aliphatic rings. The molecule has 0 aliphatic heterocycles. The van der Waals surface area contributed by atoms with Crippen molar-refractivity contribution in [2.75, 3.05) is 6.54 Å². The lowest BCUT2D eigenvalue weighted by Gasteiger charge is -2.44. The van der Waals surface area contributed by atoms with E-state index < -0.39 is 6.15 Å². The SMILES string of the molecule is CCCCCCCCCCCC[NH3+].Clc1ccc([B-](c2ccc(Cl)cc2)(c2ccc(Cl)cc2)c2ccc(Cl)cc2)cc1. The van der Waals surface area contributed by atoms with Crippen LogP contribution in [0, 0.1) is 0 Å². The highest BCUT2D eigenvalue weighted by Crippen LogP contribution is 2.17. The molecule has 42 heavy (non-hydrogen) atoms. The molecular formula is C36H44BCl4N. The van der Waals surface area contributed by atoms with Gasteiger partial charge < -0.3 is 5.73 Å². The molecule has 0 amide bonds. The smallest absolute Gasteiger partial charge is 0.108 e. The molecule has 0 fully saturated rings. The van der Waals surface area contributed by atoms with Crippen LogP contribution in [-0.2, 0) is 0 Å². The summed E-state index contributed by atoms with van der Waals surface area (Å²) in [5, 5.41) is 2.78. The second kappa shape index (κ2) is 18.7. The van der Waals surface area contributed by atoms with E-state index in [0.717, 1.165) is 28.4 Å². The first-order chi connectivity index (χ1) is 20.4. The predicted molar refractivity (Wildman–Crippen MR) is 190 cm³/mol. The Hall–Kier alpha value is -1.94. The predicted octanol–water partition coefficient (Wildman–Crippen LogP) is 8.83. The molecule has 1 nitrogen and oxygen atoms in total. The molecule has 0 radical (unpaired) electrons. The maximum atomic E-state index is 6.22. The van der Waals surface area contributed by atoms with Gasteiger partial charge in [0.25, 0.3) is 0 Å². The molecule has 0 heterocycles. The Morgan fingerprint density at radius 3 is 0.881 bits per heavy atom. The maximum absolute atomic E-state index is 6.22. The van der Waals surface area contributed by atoms with Crippen LogP contribution < -0.4 is 27.6 Å². The van der Waals surface area contributed by atoms with Crippen LogP contribution in [0.4, 0.5) is 0 Å². The van der Waals surface area contributed by atoms with Gasteiger partial charge in [-0.25, -0.2) is 0 Å². The lowest BCUT2D eigenvalue weighted by Crippen LogP contribution is -2.74. The third kappa shape index (κ3) is 10.1. The van der Waals surface area contributed by atoms with Crippen molar-refractivity contribution < 1.29 is 5.73 Å². The Kier molecular flexibility index (Phi) is 15.4. The fourth-order valence-electron chi connectivity index (χ4n) is 5.82. The van der Waals surface area contributed by atoms with Crippen molar-refractivity contribution in [2.24, 2.45) is 0 Å². The second-order valence-corrected chi connectivity index (χ2v) is 12.9. The Bertz CT molecular complexity index is 1090. The number of rotatable bonds is 14. The van der Waals surface area contributed by atoms with Crippen LogP contribution in [0.3, 0.4) is 0 Å². The molecule has 0 spiro atoms. The highest BCUT2D eigenvalue weighted by molar-refractivity contribution is 7.19. The first-order valence-electron chi connectivity index (χ1n) is 15.4. The first kappa shape index (κ1) is 34.6. The number of hydrogen-bond donors (Lipinski definition) is 1. The van der Waals surface area contributed by atoms with E-state index >= 15 is 0 Å². The van der Waals surface area contributed by atoms with Gasteiger partial charge in [-0.15, -0.1) is 0 Å². The second-order valence-electron chi connectivity index (χ2n) is 11.1. The summed E-state index contributed by atoms with van der Waals surface area (Å²) in [5.41, 5.74) is 8.41. The lowest BCUT2D eigenvalue weighted by molar-refractivity contribution is -0.368. The first-order valence-corrected chi connectivity index (χ1v) is 16.9. The molecule has 4 aromatic rings. The highest BCUT2D eigenvalue weighted by Gasteiger charge is 2.31. The van der Waals surface area contributed by atoms with E-state index in [1.807, 2.05) is 48.5 Å². The molecule has 0 saturated carbocycles. The normalized spacial score (nSPS) is 11.2. The van der Waals surface area contributed by atoms with E-state index in [9.17, 15) is 0 Å². The third-order valence-corrected chi connectivity index (χ3v) is 9.09. The number of benzene rings is 4. The summed E-state index contributed by atoms with van der Waals surface area (Å²) in [5.74, 6) is 0. The number of unbranched alkanes of at least 4 members (excludes halogenated alkanes) is 9. The molecule has 0 bridgehead atoms. The molecule has 4 rings (SSSR count). The third-order valence-electron chi connectivity index (χ3n) is 8.08. The standard InChI is InChI=1S/C24H16BCl4.C12H27N/c26-21-9-1-17(2-10-21)25(18-3-11-22(27)12-4-18,19-5-13-23(28)14-6-19)20-7-15-24(29)16-8-20;1-2-3-4-5-6-7-8-9-10-11-12-13/h1-16H;2-13H2,1H3/q-1;/p+1. The van der Waals surface area contributed by atoms with Crippen LogP contribution in [0.15, 0.2) is 97.1 Å². The van der Waals surface area contributed by atoms with Gasteiger partial charge in [0.2, 0.25) is 0 Å². The van der Waals surface area contributed by atoms with Crippen LogP contribution in [0.25, 0.3) is 0 Å². The molecule has 0 atom stereocenters. The number of hydrogen-bond acceptors (Lipinski definition) is 0. The topological polar surface area (TPSA) is 27.6 Å². The highest BCUT2D eigenvalue weighted by atomic mass is 35.5. The average molecular weight is 643 g/mol. The largest absolute Gasteiger partial charge is 0.358 e. The van der Waals surface area contributed by atoms with Gasteiger partial charge in [0.1, 0.15) is 6.15 Å². The van der Waals surface area contributed by atoms with E-state index in [-0.39, 0.29) is 0 Å². The van der Waals surface area contributed by atoms with Gasteiger partial charge in [-0.05, 0) is 61.4 Å². The van der Waals surface area contributed by atoms with E-state index in [1.54, 1.807) is 0 Å². The summed E-state index contributed by atoms with van der Waals surface area (Å²) in [6.45, 7) is 3.40. The molecule has 6 heteroatoms. The zero-order chi connectivity index (χ0) is 30.2. The fraction of sp³-hybridized carbons (Fsp3) is 0.333. The van der Waals surface area contributed by atoms with E-state index in [0.29, 0.717) is 20.1 Å². The maximum Gasteiger partial charge on any atom is 0.108 e. The molecule has 224 valence electrons. The number of halogens is 4. The van der Waals surface area contributed by atoms with Crippen LogP contribution in [0.1, 0.15) is 71.1 Å². The summed E-state index contributed by atoms with van der Waals surface area (Å²) in [6.07, 6.45) is 12.7. The minimum Gasteiger partial charge on any atom is -0.358 e. The van der Waals surface area contributed by atoms with Crippen LogP contribution >= 0.6 is 46.4 Å². The quantitative estimate of drug-likeness (QED) is 0.105. The summed E-state index contributed by atoms with van der Waals surface area (Å²) in [6, 6.07) is 32.1. The summed E-state index contributed by atoms with van der Waals surface area (Å²) >= 11 is 24.9. The van der Waals surface area contributed by atoms with Crippen molar-refractivity contribution in [3.63, 3.8) is 0 Å². The van der Waals surface area contributed by atoms with Crippen molar-refractivity contribution in [1.82, 2.24) is 0 Å². The molecule has 0 saturated heterocycles. The summed E-state index contributed by atoms with van der Waals surface area (Å²) < 4.78 is 0. The lowest BCUT2D eigenvalue weighted by atomic mass is 9.13. The van der Waals surface area contributed by atoms with E-state index in [1.165, 1.54) is 64.2 Å². The van der Waals surface area contributed by atoms with Crippen molar-refractivity contribution >= 4 is 74.4 Å². The molecule has 3 N–H and O–H groups in total. The van der Waals surface area contributed by atoms with Gasteiger partial charge >= 0.3 is 0 Å². The van der Waals surface area contributed by atoms with Gasteiger partial charge in [-0.2, -0.15) is 21.9 Å². The minimum atomic E-state index is -1.51. The van der Waals surface area contributed by atoms with Gasteiger partial charge in [0.15, 0.2) is 0 Å². The zero-order valence-corrected chi connectivity index (χ0v) is 27.8. The van der Waals surface area contributed by atoms with Crippen molar-refractivity contribution in [3.8, 4) is 0 Å². The van der Waals surface area contributed by atoms with Gasteiger partial charge in [-0.3, -0.25) is 0 Å². The fourth-order valence-corrected chi connectivity index (χ4v) is 6.33. The summed E-state index contributed by atoms with van der Waals surface area (Å²) in [4.78, 5) is 0. The van der Waals surface area contributed by atoms with Crippen molar-refractivity contribution in [3.05, 3.63) is 117 Å². The van der Waals surface area contributed by atoms with Crippen molar-refractivity contribution in [2.45, 2.75) is 71.1 Å². The Morgan fingerprint density at radius 2 is 0.643 bits per heavy atom. The number of quaternary nitrogens is 1. The molecule has 0 aliphatic carbocycles. The summed E-state index contributed by atoms with van der Waals surface area (Å²) in [7, 11) is 0. The Balaban J connectivity index is 0.000000316. The molecule has 0 aromatic heterocycles. The Morgan fingerprint density at radius 1 is 0.405 bits per heavy atom. The van der Waals surface area contributed by atoms with Crippen molar-refractivity contribution in [1.29, 1.82) is 0 Å². The minimum absolute atomic E-state index is 0.696. The molecular weight excluding hydrogens is 599 g/mol. The van der Waals surface area contributed by atoms with E-state index in [4.69, 9.17) is 46.4 Å². The molecule has 0 unspecified atom stereocenters. The van der Waals surface area contributed by atoms with Crippen LogP contribution in [0.5, 0.6) is 0 Å². The Labute approximate surface area is 273 Å². The zero-order valence-electron chi connectivity index (χ0n) is 24.8. The van der Waals surface area contributed by atoms with Gasteiger partial charge in [0, 0.05) is 20.1 Å². The average Bonchev–Trinajstić information content (AvgIpc) is 3.00. The molecule has 4 aromatic carbocycles. The van der Waals surface area contributed by atoms with Gasteiger partial charge in [-0.1, -0.05) is 153 Å². The van der Waals surface area contributed by atoms with E-state index in [2.05, 4.69) is 61.2 Å². The monoisotopic (exact) mass is 641 g/mol. The van der Waals surface area contributed by atoms with Crippen LogP contribution in [0.2, 0.25) is 20.1 Å².